The van der Waals surface area contributed by atoms with Crippen molar-refractivity contribution >= 4 is 27.9 Å². The van der Waals surface area contributed by atoms with Crippen molar-refractivity contribution in [2.75, 3.05) is 31.6 Å². The van der Waals surface area contributed by atoms with E-state index in [-0.39, 0.29) is 18.0 Å². The summed E-state index contributed by atoms with van der Waals surface area (Å²) in [7, 11) is 0. The molecule has 0 bridgehead atoms. The van der Waals surface area contributed by atoms with Gasteiger partial charge in [0.25, 0.3) is 0 Å². The van der Waals surface area contributed by atoms with Crippen LogP contribution in [0.1, 0.15) is 24.1 Å². The predicted octanol–water partition coefficient (Wildman–Crippen LogP) is 4.08. The Bertz CT molecular complexity index is 1530. The Morgan fingerprint density at radius 2 is 2.16 bits per heavy atom. The van der Waals surface area contributed by atoms with Crippen molar-refractivity contribution in [3.63, 3.8) is 0 Å². The van der Waals surface area contributed by atoms with Gasteiger partial charge in [0, 0.05) is 35.9 Å². The first-order valence-electron chi connectivity index (χ1n) is 12.4. The summed E-state index contributed by atoms with van der Waals surface area (Å²) in [5, 5.41) is 16.6. The third-order valence-electron chi connectivity index (χ3n) is 6.66. The van der Waals surface area contributed by atoms with Crippen molar-refractivity contribution < 1.29 is 13.9 Å². The molecule has 2 aromatic carbocycles. The number of nitrogens with one attached hydrogen (secondary N) is 2. The molecule has 0 saturated carbocycles. The molecule has 10 heteroatoms. The van der Waals surface area contributed by atoms with Crippen molar-refractivity contribution in [3.05, 3.63) is 84.2 Å². The maximum atomic E-state index is 13.7. The van der Waals surface area contributed by atoms with Crippen LogP contribution in [0.25, 0.3) is 16.4 Å². The highest BCUT2D eigenvalue weighted by atomic mass is 19.1. The van der Waals surface area contributed by atoms with E-state index in [0.717, 1.165) is 46.3 Å². The fourth-order valence-corrected chi connectivity index (χ4v) is 4.74. The van der Waals surface area contributed by atoms with E-state index in [0.29, 0.717) is 25.6 Å². The van der Waals surface area contributed by atoms with Gasteiger partial charge in [-0.2, -0.15) is 10.2 Å². The number of benzene rings is 2. The molecule has 0 aliphatic carbocycles. The summed E-state index contributed by atoms with van der Waals surface area (Å²) in [5.41, 5.74) is 4.56. The molecular formula is C27H28FN7O2. The predicted molar refractivity (Wildman–Crippen MR) is 138 cm³/mol. The van der Waals surface area contributed by atoms with Gasteiger partial charge in [-0.15, -0.1) is 0 Å². The number of halogens is 1. The molecule has 190 valence electrons. The number of fused-ring (bicyclic) bond motifs is 2. The molecule has 5 aromatic rings. The fraction of sp³-hybridized carbons (Fsp3) is 0.296. The monoisotopic (exact) mass is 501 g/mol. The smallest absolute Gasteiger partial charge is 0.158 e. The Hall–Kier alpha value is -3.86. The first-order chi connectivity index (χ1) is 18.2. The molecule has 0 radical (unpaired) electrons. The van der Waals surface area contributed by atoms with Crippen LogP contribution in [0.15, 0.2) is 67.3 Å². The van der Waals surface area contributed by atoms with Crippen LogP contribution in [0.4, 0.5) is 15.9 Å². The summed E-state index contributed by atoms with van der Waals surface area (Å²) in [5.74, 6) is 0.437. The molecule has 37 heavy (non-hydrogen) atoms. The Morgan fingerprint density at radius 3 is 3.03 bits per heavy atom. The number of nitrogens with zero attached hydrogens (tertiary/aromatic N) is 5. The Kier molecular flexibility index (Phi) is 6.52. The van der Waals surface area contributed by atoms with Gasteiger partial charge in [-0.3, -0.25) is 4.68 Å². The molecule has 0 unspecified atom stereocenters. The lowest BCUT2D eigenvalue weighted by Gasteiger charge is -2.23. The molecule has 0 spiro atoms. The molecule has 4 heterocycles. The summed E-state index contributed by atoms with van der Waals surface area (Å²) in [6.45, 7) is 5.35. The van der Waals surface area contributed by atoms with Gasteiger partial charge in [0.1, 0.15) is 17.7 Å². The lowest BCUT2D eigenvalue weighted by atomic mass is 10.1. The molecule has 2 atom stereocenters. The second-order valence-electron chi connectivity index (χ2n) is 9.17. The van der Waals surface area contributed by atoms with E-state index in [2.05, 4.69) is 25.8 Å². The highest BCUT2D eigenvalue weighted by Gasteiger charge is 2.16. The number of ether oxygens (including phenoxy) is 2. The second-order valence-corrected chi connectivity index (χ2v) is 9.17. The highest BCUT2D eigenvalue weighted by Crippen LogP contribution is 2.28. The van der Waals surface area contributed by atoms with Crippen LogP contribution in [-0.4, -0.2) is 56.8 Å². The van der Waals surface area contributed by atoms with Gasteiger partial charge in [-0.05, 0) is 48.9 Å². The number of morpholine rings is 1. The van der Waals surface area contributed by atoms with Crippen LogP contribution in [0.2, 0.25) is 0 Å². The quantitative estimate of drug-likeness (QED) is 0.331. The van der Waals surface area contributed by atoms with Gasteiger partial charge in [0.05, 0.1) is 43.7 Å². The molecule has 3 aromatic heterocycles. The first kappa shape index (κ1) is 23.5. The second kappa shape index (κ2) is 10.3. The number of hydrogen-bond donors (Lipinski definition) is 2. The summed E-state index contributed by atoms with van der Waals surface area (Å²) in [4.78, 5) is 4.50. The molecule has 2 N–H and O–H groups in total. The molecule has 0 amide bonds. The fourth-order valence-electron chi connectivity index (χ4n) is 4.74. The molecular weight excluding hydrogens is 473 g/mol. The van der Waals surface area contributed by atoms with Crippen LogP contribution >= 0.6 is 0 Å². The van der Waals surface area contributed by atoms with Crippen LogP contribution in [0.3, 0.4) is 0 Å². The van der Waals surface area contributed by atoms with Crippen LogP contribution in [0.5, 0.6) is 0 Å². The van der Waals surface area contributed by atoms with E-state index in [4.69, 9.17) is 9.47 Å². The van der Waals surface area contributed by atoms with Crippen molar-refractivity contribution in [2.45, 2.75) is 25.7 Å². The van der Waals surface area contributed by atoms with E-state index in [1.54, 1.807) is 16.6 Å². The lowest BCUT2D eigenvalue weighted by Crippen LogP contribution is -2.40. The number of aromatic nitrogens is 5. The average molecular weight is 502 g/mol. The zero-order valence-electron chi connectivity index (χ0n) is 20.5. The van der Waals surface area contributed by atoms with Gasteiger partial charge in [0.15, 0.2) is 5.82 Å². The molecule has 1 fully saturated rings. The van der Waals surface area contributed by atoms with Gasteiger partial charge >= 0.3 is 0 Å². The SMILES string of the molecule is C[C@H](c1cccc(F)c1)n1ncc2cc(Nc3ncnn4ccc(COC[C@@H]5CNCCO5)c34)ccc21. The van der Waals surface area contributed by atoms with E-state index in [9.17, 15) is 4.39 Å². The van der Waals surface area contributed by atoms with E-state index in [1.165, 1.54) is 12.4 Å². The third kappa shape index (κ3) is 4.91. The summed E-state index contributed by atoms with van der Waals surface area (Å²) in [6, 6.07) is 14.6. The molecule has 1 aliphatic heterocycles. The molecule has 1 saturated heterocycles. The molecule has 1 aliphatic rings. The summed E-state index contributed by atoms with van der Waals surface area (Å²) in [6.07, 6.45) is 5.32. The van der Waals surface area contributed by atoms with Crippen molar-refractivity contribution in [1.82, 2.24) is 29.7 Å². The Morgan fingerprint density at radius 1 is 1.22 bits per heavy atom. The highest BCUT2D eigenvalue weighted by molar-refractivity contribution is 5.85. The lowest BCUT2D eigenvalue weighted by molar-refractivity contribution is -0.0355. The van der Waals surface area contributed by atoms with E-state index < -0.39 is 0 Å². The largest absolute Gasteiger partial charge is 0.374 e. The summed E-state index contributed by atoms with van der Waals surface area (Å²) < 4.78 is 29.1. The van der Waals surface area contributed by atoms with Crippen LogP contribution in [-0.2, 0) is 16.1 Å². The van der Waals surface area contributed by atoms with Crippen LogP contribution in [0, 0.1) is 5.82 Å². The average Bonchev–Trinajstić information content (AvgIpc) is 3.54. The van der Waals surface area contributed by atoms with Crippen molar-refractivity contribution in [1.29, 1.82) is 0 Å². The standard InChI is InChI=1S/C27H28FN7O2/c1-18(19-3-2-4-22(28)11-19)35-25-6-5-23(12-21(25)13-31-35)33-27-26-20(7-9-34(26)32-17-30-27)15-36-16-24-14-29-8-10-37-24/h2-7,9,11-13,17-18,24,29H,8,10,14-16H2,1H3,(H,30,32,33)/t18-,24+/m1/s1. The van der Waals surface area contributed by atoms with Crippen molar-refractivity contribution in [2.24, 2.45) is 0 Å². The molecule has 9 nitrogen and oxygen atoms in total. The van der Waals surface area contributed by atoms with Gasteiger partial charge < -0.3 is 20.1 Å². The maximum Gasteiger partial charge on any atom is 0.158 e. The van der Waals surface area contributed by atoms with E-state index >= 15 is 0 Å². The summed E-state index contributed by atoms with van der Waals surface area (Å²) >= 11 is 0. The Labute approximate surface area is 213 Å². The number of rotatable bonds is 8. The minimum Gasteiger partial charge on any atom is -0.374 e. The van der Waals surface area contributed by atoms with Crippen molar-refractivity contribution in [3.8, 4) is 0 Å². The normalized spacial score (nSPS) is 16.9. The van der Waals surface area contributed by atoms with Gasteiger partial charge in [-0.1, -0.05) is 12.1 Å². The maximum absolute atomic E-state index is 13.7. The zero-order valence-corrected chi connectivity index (χ0v) is 20.5. The number of anilines is 2. The van der Waals surface area contributed by atoms with Crippen LogP contribution < -0.4 is 10.6 Å². The van der Waals surface area contributed by atoms with Gasteiger partial charge in [0.2, 0.25) is 0 Å². The van der Waals surface area contributed by atoms with E-state index in [1.807, 2.05) is 54.3 Å². The Balaban J connectivity index is 1.22. The first-order valence-corrected chi connectivity index (χ1v) is 12.4. The van der Waals surface area contributed by atoms with Gasteiger partial charge in [-0.25, -0.2) is 13.9 Å². The minimum absolute atomic E-state index is 0.0627. The zero-order chi connectivity index (χ0) is 25.2. The molecule has 6 rings (SSSR count). The topological polar surface area (TPSA) is 90.5 Å². The minimum atomic E-state index is -0.252. The third-order valence-corrected chi connectivity index (χ3v) is 6.66. The number of hydrogen-bond acceptors (Lipinski definition) is 7.